The maximum Gasteiger partial charge on any atom is 0.101 e. The monoisotopic (exact) mass is 176 g/mol. The average Bonchev–Trinajstić information content (AvgIpc) is 2.06. The molecule has 3 heteroatoms. The van der Waals surface area contributed by atoms with Crippen LogP contribution in [0.25, 0.3) is 0 Å². The third-order valence-electron chi connectivity index (χ3n) is 1.32. The zero-order valence-electron chi connectivity index (χ0n) is 8.08. The molecule has 3 nitrogen and oxygen atoms in total. The van der Waals surface area contributed by atoms with Crippen molar-refractivity contribution in [2.24, 2.45) is 0 Å². The van der Waals surface area contributed by atoms with Gasteiger partial charge in [-0.3, -0.25) is 0 Å². The van der Waals surface area contributed by atoms with Crippen molar-refractivity contribution in [3.05, 3.63) is 0 Å². The van der Waals surface area contributed by atoms with Crippen molar-refractivity contribution in [2.45, 2.75) is 32.8 Å². The summed E-state index contributed by atoms with van der Waals surface area (Å²) < 4.78 is 10.3. The van der Waals surface area contributed by atoms with Crippen molar-refractivity contribution in [2.75, 3.05) is 26.4 Å². The number of aliphatic hydroxyl groups is 1. The van der Waals surface area contributed by atoms with Crippen LogP contribution in [0.5, 0.6) is 0 Å². The molecule has 0 saturated carbocycles. The average molecular weight is 176 g/mol. The van der Waals surface area contributed by atoms with Crippen molar-refractivity contribution in [3.8, 4) is 0 Å². The number of hydrogen-bond acceptors (Lipinski definition) is 3. The molecule has 0 aliphatic heterocycles. The smallest absolute Gasteiger partial charge is 0.101 e. The molecule has 0 spiro atoms. The molecule has 0 aliphatic rings. The maximum atomic E-state index is 9.25. The number of aliphatic hydroxyl groups excluding tert-OH is 1. The molecule has 0 amide bonds. The van der Waals surface area contributed by atoms with Gasteiger partial charge in [0.05, 0.1) is 13.2 Å². The van der Waals surface area contributed by atoms with E-state index in [1.165, 1.54) is 0 Å². The Morgan fingerprint density at radius 2 is 1.42 bits per heavy atom. The highest BCUT2D eigenvalue weighted by molar-refractivity contribution is 4.50. The Balaban J connectivity index is 3.04. The van der Waals surface area contributed by atoms with Crippen molar-refractivity contribution in [3.63, 3.8) is 0 Å². The molecule has 0 aromatic carbocycles. The summed E-state index contributed by atoms with van der Waals surface area (Å²) in [6.07, 6.45) is 1.51. The summed E-state index contributed by atoms with van der Waals surface area (Å²) in [5.41, 5.74) is 0. The van der Waals surface area contributed by atoms with E-state index < -0.39 is 6.10 Å². The number of rotatable bonds is 8. The lowest BCUT2D eigenvalue weighted by molar-refractivity contribution is -0.0184. The Bertz CT molecular complexity index is 75.8. The highest BCUT2D eigenvalue weighted by Crippen LogP contribution is 1.90. The highest BCUT2D eigenvalue weighted by atomic mass is 16.5. The first kappa shape index (κ1) is 11.9. The van der Waals surface area contributed by atoms with Gasteiger partial charge in [-0.2, -0.15) is 0 Å². The summed E-state index contributed by atoms with van der Waals surface area (Å²) in [6.45, 7) is 6.28. The molecule has 0 atom stereocenters. The van der Waals surface area contributed by atoms with Gasteiger partial charge in [0.25, 0.3) is 0 Å². The molecule has 1 N–H and O–H groups in total. The highest BCUT2D eigenvalue weighted by Gasteiger charge is 2.02. The second-order valence-electron chi connectivity index (χ2n) is 2.80. The molecule has 0 fully saturated rings. The molecular formula is C9H20O3. The van der Waals surface area contributed by atoms with Crippen molar-refractivity contribution < 1.29 is 14.6 Å². The molecule has 0 radical (unpaired) electrons. The summed E-state index contributed by atoms with van der Waals surface area (Å²) in [7, 11) is 0. The lowest BCUT2D eigenvalue weighted by Gasteiger charge is -2.10. The van der Waals surface area contributed by atoms with Gasteiger partial charge < -0.3 is 14.6 Å². The van der Waals surface area contributed by atoms with E-state index in [-0.39, 0.29) is 0 Å². The van der Waals surface area contributed by atoms with Crippen LogP contribution >= 0.6 is 0 Å². The van der Waals surface area contributed by atoms with Gasteiger partial charge in [0.2, 0.25) is 0 Å². The molecular weight excluding hydrogens is 156 g/mol. The topological polar surface area (TPSA) is 38.7 Å². The van der Waals surface area contributed by atoms with E-state index in [1.54, 1.807) is 0 Å². The van der Waals surface area contributed by atoms with Crippen LogP contribution in [-0.2, 0) is 9.47 Å². The van der Waals surface area contributed by atoms with E-state index in [4.69, 9.17) is 9.47 Å². The van der Waals surface area contributed by atoms with Crippen molar-refractivity contribution in [1.82, 2.24) is 0 Å². The third-order valence-corrected chi connectivity index (χ3v) is 1.32. The van der Waals surface area contributed by atoms with Crippen LogP contribution in [-0.4, -0.2) is 37.6 Å². The van der Waals surface area contributed by atoms with E-state index in [9.17, 15) is 5.11 Å². The summed E-state index contributed by atoms with van der Waals surface area (Å²) in [5.74, 6) is 0. The first-order valence-corrected chi connectivity index (χ1v) is 4.64. The molecule has 74 valence electrons. The van der Waals surface area contributed by atoms with Crippen LogP contribution in [0.3, 0.4) is 0 Å². The van der Waals surface area contributed by atoms with Crippen LogP contribution in [0, 0.1) is 0 Å². The van der Waals surface area contributed by atoms with Gasteiger partial charge in [0.1, 0.15) is 6.10 Å². The minimum atomic E-state index is -0.469. The fraction of sp³-hybridized carbons (Fsp3) is 1.00. The molecule has 0 rings (SSSR count). The van der Waals surface area contributed by atoms with Gasteiger partial charge in [-0.25, -0.2) is 0 Å². The largest absolute Gasteiger partial charge is 0.388 e. The van der Waals surface area contributed by atoms with Gasteiger partial charge in [-0.15, -0.1) is 0 Å². The standard InChI is InChI=1S/C9H20O3/c1-3-5-11-7-9(10)8-12-6-4-2/h9-10H,3-8H2,1-2H3. The van der Waals surface area contributed by atoms with E-state index in [0.29, 0.717) is 26.4 Å². The SMILES string of the molecule is CCCOCC(O)COCCC. The molecule has 0 aromatic rings. The molecule has 0 heterocycles. The Labute approximate surface area is 74.7 Å². The summed E-state index contributed by atoms with van der Waals surface area (Å²) in [5, 5.41) is 9.25. The molecule has 0 bridgehead atoms. The first-order chi connectivity index (χ1) is 5.81. The van der Waals surface area contributed by atoms with E-state index in [1.807, 2.05) is 13.8 Å². The molecule has 12 heavy (non-hydrogen) atoms. The van der Waals surface area contributed by atoms with Gasteiger partial charge in [0, 0.05) is 13.2 Å². The van der Waals surface area contributed by atoms with Gasteiger partial charge in [-0.05, 0) is 12.8 Å². The lowest BCUT2D eigenvalue weighted by atomic mass is 10.4. The Kier molecular flexibility index (Phi) is 8.88. The van der Waals surface area contributed by atoms with E-state index in [2.05, 4.69) is 0 Å². The normalized spacial score (nSPS) is 11.0. The van der Waals surface area contributed by atoms with Crippen LogP contribution in [0.2, 0.25) is 0 Å². The molecule has 0 aromatic heterocycles. The minimum absolute atomic E-state index is 0.386. The lowest BCUT2D eigenvalue weighted by Crippen LogP contribution is -2.22. The third kappa shape index (κ3) is 7.98. The van der Waals surface area contributed by atoms with Crippen molar-refractivity contribution >= 4 is 0 Å². The Morgan fingerprint density at radius 3 is 1.75 bits per heavy atom. The van der Waals surface area contributed by atoms with Crippen LogP contribution < -0.4 is 0 Å². The predicted molar refractivity (Wildman–Crippen MR) is 48.2 cm³/mol. The van der Waals surface area contributed by atoms with E-state index >= 15 is 0 Å². The summed E-state index contributed by atoms with van der Waals surface area (Å²) in [6, 6.07) is 0. The zero-order chi connectivity index (χ0) is 9.23. The maximum absolute atomic E-state index is 9.25. The molecule has 0 aliphatic carbocycles. The first-order valence-electron chi connectivity index (χ1n) is 4.64. The van der Waals surface area contributed by atoms with Gasteiger partial charge in [0.15, 0.2) is 0 Å². The number of ether oxygens (including phenoxy) is 2. The quantitative estimate of drug-likeness (QED) is 0.565. The second kappa shape index (κ2) is 8.97. The minimum Gasteiger partial charge on any atom is -0.388 e. The van der Waals surface area contributed by atoms with Crippen molar-refractivity contribution in [1.29, 1.82) is 0 Å². The van der Waals surface area contributed by atoms with Crippen LogP contribution in [0.4, 0.5) is 0 Å². The molecule has 0 unspecified atom stereocenters. The fourth-order valence-corrected chi connectivity index (χ4v) is 0.776. The molecule has 0 saturated heterocycles. The van der Waals surface area contributed by atoms with E-state index in [0.717, 1.165) is 12.8 Å². The summed E-state index contributed by atoms with van der Waals surface area (Å²) in [4.78, 5) is 0. The van der Waals surface area contributed by atoms with Crippen LogP contribution in [0.1, 0.15) is 26.7 Å². The zero-order valence-corrected chi connectivity index (χ0v) is 8.08. The Morgan fingerprint density at radius 1 is 1.00 bits per heavy atom. The van der Waals surface area contributed by atoms with Gasteiger partial charge >= 0.3 is 0 Å². The predicted octanol–water partition coefficient (Wildman–Crippen LogP) is 1.20. The summed E-state index contributed by atoms with van der Waals surface area (Å²) >= 11 is 0. The second-order valence-corrected chi connectivity index (χ2v) is 2.80. The Hall–Kier alpha value is -0.120. The fourth-order valence-electron chi connectivity index (χ4n) is 0.776. The van der Waals surface area contributed by atoms with Gasteiger partial charge in [-0.1, -0.05) is 13.8 Å². The number of hydrogen-bond donors (Lipinski definition) is 1. The van der Waals surface area contributed by atoms with Crippen LogP contribution in [0.15, 0.2) is 0 Å².